The molecule has 1 unspecified atom stereocenters. The van der Waals surface area contributed by atoms with Crippen LogP contribution < -0.4 is 9.47 Å². The van der Waals surface area contributed by atoms with Crippen LogP contribution in [0.4, 0.5) is 0 Å². The number of rotatable bonds is 6. The minimum absolute atomic E-state index is 0.0497. The second-order valence-electron chi connectivity index (χ2n) is 8.47. The molecule has 33 heavy (non-hydrogen) atoms. The van der Waals surface area contributed by atoms with Gasteiger partial charge in [0.1, 0.15) is 17.3 Å². The number of aliphatic hydroxyl groups is 1. The molecule has 1 N–H and O–H groups in total. The summed E-state index contributed by atoms with van der Waals surface area (Å²) < 4.78 is 11.0. The zero-order valence-corrected chi connectivity index (χ0v) is 19.8. The van der Waals surface area contributed by atoms with Crippen LogP contribution in [-0.4, -0.2) is 41.5 Å². The third-order valence-corrected chi connectivity index (χ3v) is 6.63. The van der Waals surface area contributed by atoms with Gasteiger partial charge >= 0.3 is 0 Å². The lowest BCUT2D eigenvalue weighted by molar-refractivity contribution is -0.141. The van der Waals surface area contributed by atoms with Crippen molar-refractivity contribution >= 4 is 29.1 Å². The van der Waals surface area contributed by atoms with Crippen LogP contribution in [0, 0.1) is 6.92 Å². The number of ketones is 1. The van der Waals surface area contributed by atoms with Gasteiger partial charge < -0.3 is 19.5 Å². The molecule has 4 rings (SSSR count). The first-order valence-corrected chi connectivity index (χ1v) is 11.6. The van der Waals surface area contributed by atoms with Crippen LogP contribution in [0.5, 0.6) is 11.5 Å². The first-order valence-electron chi connectivity index (χ1n) is 11.2. The standard InChI is InChI=1S/C26H28ClNO5/c1-4-33-18-11-9-16(10-12-18)22-21(24(30)26(31)28(22)17-7-5-6-8-17)23(29)19-13-15(2)14-20(27)25(19)32-3/h9-14,17,22,29H,4-8H2,1-3H3/b23-21+. The molecule has 1 atom stereocenters. The molecule has 6 nitrogen and oxygen atoms in total. The Kier molecular flexibility index (Phi) is 6.66. The second-order valence-corrected chi connectivity index (χ2v) is 8.88. The molecule has 0 aromatic heterocycles. The fourth-order valence-corrected chi connectivity index (χ4v) is 5.26. The highest BCUT2D eigenvalue weighted by atomic mass is 35.5. The molecule has 2 aromatic carbocycles. The Balaban J connectivity index is 1.91. The van der Waals surface area contributed by atoms with Gasteiger partial charge in [-0.25, -0.2) is 0 Å². The minimum Gasteiger partial charge on any atom is -0.507 e. The number of likely N-dealkylation sites (tertiary alicyclic amines) is 1. The molecular formula is C26H28ClNO5. The molecule has 1 saturated carbocycles. The molecule has 2 aliphatic rings. The fourth-order valence-electron chi connectivity index (χ4n) is 4.91. The smallest absolute Gasteiger partial charge is 0.295 e. The van der Waals surface area contributed by atoms with Gasteiger partial charge in [0, 0.05) is 6.04 Å². The molecule has 174 valence electrons. The highest BCUT2D eigenvalue weighted by Crippen LogP contribution is 2.45. The van der Waals surface area contributed by atoms with Crippen molar-refractivity contribution in [3.05, 3.63) is 63.7 Å². The van der Waals surface area contributed by atoms with E-state index in [1.807, 2.05) is 38.1 Å². The fraction of sp³-hybridized carbons (Fsp3) is 0.385. The first kappa shape index (κ1) is 23.2. The van der Waals surface area contributed by atoms with Gasteiger partial charge in [0.2, 0.25) is 0 Å². The number of aryl methyl sites for hydroxylation is 1. The van der Waals surface area contributed by atoms with E-state index in [1.54, 1.807) is 17.0 Å². The van der Waals surface area contributed by atoms with Crippen molar-refractivity contribution in [2.45, 2.75) is 51.6 Å². The van der Waals surface area contributed by atoms with Gasteiger partial charge in [0.05, 0.1) is 35.9 Å². The maximum absolute atomic E-state index is 13.3. The van der Waals surface area contributed by atoms with Crippen molar-refractivity contribution in [2.75, 3.05) is 13.7 Å². The summed E-state index contributed by atoms with van der Waals surface area (Å²) in [6.07, 6.45) is 3.68. The van der Waals surface area contributed by atoms with Crippen molar-refractivity contribution in [2.24, 2.45) is 0 Å². The van der Waals surface area contributed by atoms with Crippen LogP contribution in [0.15, 0.2) is 42.0 Å². The number of carbonyl (C=O) groups excluding carboxylic acids is 2. The third kappa shape index (κ3) is 4.20. The summed E-state index contributed by atoms with van der Waals surface area (Å²) in [5.74, 6) is -0.600. The van der Waals surface area contributed by atoms with Crippen molar-refractivity contribution in [3.8, 4) is 11.5 Å². The number of Topliss-reactive ketones (excluding diaryl/α,β-unsaturated/α-hetero) is 1. The number of carbonyl (C=O) groups is 2. The topological polar surface area (TPSA) is 76.1 Å². The highest BCUT2D eigenvalue weighted by Gasteiger charge is 2.49. The van der Waals surface area contributed by atoms with Crippen LogP contribution >= 0.6 is 11.6 Å². The van der Waals surface area contributed by atoms with E-state index in [0.717, 1.165) is 36.8 Å². The van der Waals surface area contributed by atoms with Crippen LogP contribution in [0.25, 0.3) is 5.76 Å². The first-order chi connectivity index (χ1) is 15.9. The van der Waals surface area contributed by atoms with Gasteiger partial charge in [0.15, 0.2) is 0 Å². The number of aliphatic hydroxyl groups excluding tert-OH is 1. The summed E-state index contributed by atoms with van der Waals surface area (Å²) >= 11 is 6.35. The van der Waals surface area contributed by atoms with Gasteiger partial charge in [-0.15, -0.1) is 0 Å². The van der Waals surface area contributed by atoms with E-state index in [2.05, 4.69) is 0 Å². The number of methoxy groups -OCH3 is 1. The van der Waals surface area contributed by atoms with Crippen LogP contribution in [0.3, 0.4) is 0 Å². The maximum atomic E-state index is 13.3. The molecule has 0 radical (unpaired) electrons. The third-order valence-electron chi connectivity index (χ3n) is 6.35. The van der Waals surface area contributed by atoms with Gasteiger partial charge in [0.25, 0.3) is 11.7 Å². The lowest BCUT2D eigenvalue weighted by Gasteiger charge is -2.31. The Morgan fingerprint density at radius 2 is 1.82 bits per heavy atom. The summed E-state index contributed by atoms with van der Waals surface area (Å²) in [5, 5.41) is 11.7. The Labute approximate surface area is 198 Å². The monoisotopic (exact) mass is 469 g/mol. The number of amides is 1. The highest BCUT2D eigenvalue weighted by molar-refractivity contribution is 6.46. The molecule has 0 spiro atoms. The van der Waals surface area contributed by atoms with E-state index < -0.39 is 17.7 Å². The number of hydrogen-bond acceptors (Lipinski definition) is 5. The summed E-state index contributed by atoms with van der Waals surface area (Å²) in [6.45, 7) is 4.28. The van der Waals surface area contributed by atoms with Crippen LogP contribution in [0.1, 0.15) is 55.3 Å². The summed E-state index contributed by atoms with van der Waals surface area (Å²) in [7, 11) is 1.45. The Morgan fingerprint density at radius 3 is 2.42 bits per heavy atom. The number of halogens is 1. The molecule has 0 bridgehead atoms. The number of hydrogen-bond donors (Lipinski definition) is 1. The molecule has 1 aliphatic carbocycles. The van der Waals surface area contributed by atoms with Crippen molar-refractivity contribution < 1.29 is 24.2 Å². The molecule has 1 aliphatic heterocycles. The van der Waals surface area contributed by atoms with E-state index in [0.29, 0.717) is 22.9 Å². The molecule has 1 heterocycles. The molecule has 1 saturated heterocycles. The predicted octanol–water partition coefficient (Wildman–Crippen LogP) is 5.42. The van der Waals surface area contributed by atoms with E-state index in [-0.39, 0.29) is 23.1 Å². The molecule has 1 amide bonds. The average Bonchev–Trinajstić information content (AvgIpc) is 3.40. The molecule has 2 fully saturated rings. The van der Waals surface area contributed by atoms with Gasteiger partial charge in [-0.05, 0) is 62.1 Å². The summed E-state index contributed by atoms with van der Waals surface area (Å²) in [6, 6.07) is 10.00. The van der Waals surface area contributed by atoms with Crippen molar-refractivity contribution in [3.63, 3.8) is 0 Å². The van der Waals surface area contributed by atoms with Crippen molar-refractivity contribution in [1.29, 1.82) is 0 Å². The predicted molar refractivity (Wildman–Crippen MR) is 127 cm³/mol. The quantitative estimate of drug-likeness (QED) is 0.347. The minimum atomic E-state index is -0.701. The Morgan fingerprint density at radius 1 is 1.15 bits per heavy atom. The lowest BCUT2D eigenvalue weighted by Crippen LogP contribution is -2.37. The normalized spacial score (nSPS) is 20.5. The van der Waals surface area contributed by atoms with Gasteiger partial charge in [-0.1, -0.05) is 36.6 Å². The Hall–Kier alpha value is -2.99. The van der Waals surface area contributed by atoms with Gasteiger partial charge in [-0.3, -0.25) is 9.59 Å². The van der Waals surface area contributed by atoms with Crippen molar-refractivity contribution in [1.82, 2.24) is 4.90 Å². The van der Waals surface area contributed by atoms with Crippen LogP contribution in [-0.2, 0) is 9.59 Å². The van der Waals surface area contributed by atoms with Gasteiger partial charge in [-0.2, -0.15) is 0 Å². The molecule has 7 heteroatoms. The van der Waals surface area contributed by atoms with E-state index in [4.69, 9.17) is 21.1 Å². The van der Waals surface area contributed by atoms with E-state index >= 15 is 0 Å². The number of ether oxygens (including phenoxy) is 2. The number of benzene rings is 2. The Bertz CT molecular complexity index is 1100. The number of nitrogens with zero attached hydrogens (tertiary/aromatic N) is 1. The van der Waals surface area contributed by atoms with E-state index in [9.17, 15) is 14.7 Å². The zero-order chi connectivity index (χ0) is 23.7. The maximum Gasteiger partial charge on any atom is 0.295 e. The lowest BCUT2D eigenvalue weighted by atomic mass is 9.94. The molecule has 2 aromatic rings. The van der Waals surface area contributed by atoms with E-state index in [1.165, 1.54) is 7.11 Å². The summed E-state index contributed by atoms with van der Waals surface area (Å²) in [5.41, 5.74) is 1.88. The molecular weight excluding hydrogens is 442 g/mol. The average molecular weight is 470 g/mol. The largest absolute Gasteiger partial charge is 0.507 e. The zero-order valence-electron chi connectivity index (χ0n) is 19.1. The van der Waals surface area contributed by atoms with Crippen LogP contribution in [0.2, 0.25) is 5.02 Å². The summed E-state index contributed by atoms with van der Waals surface area (Å²) in [4.78, 5) is 28.2. The SMILES string of the molecule is CCOc1ccc(C2/C(=C(\O)c3cc(C)cc(Cl)c3OC)C(=O)C(=O)N2C2CCCC2)cc1. The second kappa shape index (κ2) is 9.48.